The molecule has 0 aliphatic heterocycles. The molecule has 0 aliphatic rings. The van der Waals surface area contributed by atoms with E-state index in [4.69, 9.17) is 25.3 Å². The van der Waals surface area contributed by atoms with E-state index in [1.807, 2.05) is 0 Å². The van der Waals surface area contributed by atoms with Gasteiger partial charge in [0.25, 0.3) is 0 Å². The molecule has 14 heteroatoms. The zero-order chi connectivity index (χ0) is 30.7. The normalized spacial score (nSPS) is 10.1. The van der Waals surface area contributed by atoms with E-state index in [0.29, 0.717) is 23.0 Å². The first-order valence-electron chi connectivity index (χ1n) is 12.3. The van der Waals surface area contributed by atoms with Gasteiger partial charge in [0.05, 0.1) is 11.6 Å². The fourth-order valence-electron chi connectivity index (χ4n) is 3.34. The molecule has 0 N–H and O–H groups in total. The number of nitrogens with zero attached hydrogens (tertiary/aromatic N) is 6. The smallest absolute Gasteiger partial charge is 0.797 e. The summed E-state index contributed by atoms with van der Waals surface area (Å²) >= 11 is 10.5. The molecule has 0 aliphatic carbocycles. The van der Waals surface area contributed by atoms with Gasteiger partial charge in [-0.3, -0.25) is 17.6 Å². The van der Waals surface area contributed by atoms with Crippen molar-refractivity contribution in [1.82, 2.24) is 29.9 Å². The zero-order valence-electron chi connectivity index (χ0n) is 22.5. The number of hydrogen-bond acceptors (Lipinski definition) is 8. The van der Waals surface area contributed by atoms with Crippen LogP contribution in [0.2, 0.25) is 0 Å². The van der Waals surface area contributed by atoms with Crippen LogP contribution in [0.1, 0.15) is 11.6 Å². The summed E-state index contributed by atoms with van der Waals surface area (Å²) in [5, 5.41) is 0. The summed E-state index contributed by atoms with van der Waals surface area (Å²) in [6, 6.07) is 22.5. The van der Waals surface area contributed by atoms with Crippen molar-refractivity contribution in [2.24, 2.45) is 0 Å². The largest absolute Gasteiger partial charge is 2.00 e. The molecule has 6 rings (SSSR count). The zero-order valence-corrected chi connectivity index (χ0v) is 28.7. The summed E-state index contributed by atoms with van der Waals surface area (Å²) in [6.07, 6.45) is 9.48. The molecule has 232 valence electrons. The second kappa shape index (κ2) is 18.6. The van der Waals surface area contributed by atoms with Crippen LogP contribution in [-0.2, 0) is 71.5 Å². The van der Waals surface area contributed by atoms with Crippen molar-refractivity contribution in [3.63, 3.8) is 0 Å². The van der Waals surface area contributed by atoms with Crippen LogP contribution in [0, 0.1) is 35.4 Å². The van der Waals surface area contributed by atoms with Gasteiger partial charge < -0.3 is 35.2 Å². The molecule has 0 saturated carbocycles. The fraction of sp³-hybridized carbons (Fsp3) is 0.0323. The Morgan fingerprint density at radius 2 is 0.867 bits per heavy atom. The first kappa shape index (κ1) is 37.9. The summed E-state index contributed by atoms with van der Waals surface area (Å²) in [5.41, 5.74) is 1.27. The molecule has 0 bridgehead atoms. The standard InChI is InChI=1S/2C11H6F2N.C9H8N4S2.2Pt/c2*12-8-4-5-9(10(13)7-8)11-3-1-2-6-14-11;14-9(15,7-10-3-1-4-11-7)8-12-5-2-6-13-8;;/h2*1-4,6-7H;1-6,14-15H;;/q2*-1;;2*+2/p-2. The second-order valence-electron chi connectivity index (χ2n) is 8.27. The van der Waals surface area contributed by atoms with Crippen LogP contribution in [0.15, 0.2) is 110 Å². The van der Waals surface area contributed by atoms with Crippen LogP contribution in [0.25, 0.3) is 22.5 Å². The Hall–Kier alpha value is -3.30. The third-order valence-corrected chi connectivity index (χ3v) is 6.01. The monoisotopic (exact) mass is 1000 g/mol. The minimum absolute atomic E-state index is 0. The van der Waals surface area contributed by atoms with E-state index in [9.17, 15) is 17.6 Å². The maximum atomic E-state index is 13.2. The Kier molecular flexibility index (Phi) is 15.7. The molecular weight excluding hydrogens is 987 g/mol. The molecule has 2 aromatic carbocycles. The van der Waals surface area contributed by atoms with Gasteiger partial charge in [-0.15, -0.1) is 24.3 Å². The van der Waals surface area contributed by atoms with Gasteiger partial charge in [-0.25, -0.2) is 19.9 Å². The molecule has 0 saturated heterocycles. The average Bonchev–Trinajstić information content (AvgIpc) is 3.03. The van der Waals surface area contributed by atoms with Gasteiger partial charge in [0.2, 0.25) is 0 Å². The summed E-state index contributed by atoms with van der Waals surface area (Å²) in [6.45, 7) is 0. The quantitative estimate of drug-likeness (QED) is 0.117. The van der Waals surface area contributed by atoms with Crippen LogP contribution in [-0.4, -0.2) is 29.9 Å². The minimum Gasteiger partial charge on any atom is -0.797 e. The van der Waals surface area contributed by atoms with E-state index in [1.165, 1.54) is 0 Å². The molecule has 0 atom stereocenters. The van der Waals surface area contributed by atoms with Gasteiger partial charge >= 0.3 is 42.1 Å². The van der Waals surface area contributed by atoms with Gasteiger partial charge in [0, 0.05) is 60.4 Å². The molecular formula is C31H18F4N6Pt2S2. The molecule has 4 aromatic heterocycles. The molecule has 4 heterocycles. The number of halogens is 4. The summed E-state index contributed by atoms with van der Waals surface area (Å²) in [4.78, 5) is 24.0. The molecule has 45 heavy (non-hydrogen) atoms. The van der Waals surface area contributed by atoms with Gasteiger partial charge in [-0.1, -0.05) is 47.5 Å². The Morgan fingerprint density at radius 3 is 1.18 bits per heavy atom. The fourth-order valence-corrected chi connectivity index (χ4v) is 3.76. The molecule has 0 amide bonds. The summed E-state index contributed by atoms with van der Waals surface area (Å²) in [5.74, 6) is -1.85. The number of hydrogen-bond donors (Lipinski definition) is 0. The average molecular weight is 1000 g/mol. The van der Waals surface area contributed by atoms with Crippen LogP contribution >= 0.6 is 0 Å². The van der Waals surface area contributed by atoms with E-state index in [-0.39, 0.29) is 53.3 Å². The van der Waals surface area contributed by atoms with Crippen molar-refractivity contribution in [2.45, 2.75) is 4.08 Å². The maximum Gasteiger partial charge on any atom is 2.00 e. The molecule has 0 radical (unpaired) electrons. The van der Waals surface area contributed by atoms with Gasteiger partial charge in [-0.05, 0) is 35.7 Å². The van der Waals surface area contributed by atoms with Crippen LogP contribution in [0.5, 0.6) is 0 Å². The predicted octanol–water partition coefficient (Wildman–Crippen LogP) is 6.21. The van der Waals surface area contributed by atoms with Crippen LogP contribution in [0.3, 0.4) is 0 Å². The number of pyridine rings is 2. The molecule has 6 aromatic rings. The van der Waals surface area contributed by atoms with E-state index >= 15 is 0 Å². The van der Waals surface area contributed by atoms with Gasteiger partial charge in [0.15, 0.2) is 0 Å². The molecule has 6 nitrogen and oxygen atoms in total. The van der Waals surface area contributed by atoms with Crippen molar-refractivity contribution in [2.75, 3.05) is 0 Å². The Balaban J connectivity index is 0.000000230. The molecule has 0 unspecified atom stereocenters. The Labute approximate surface area is 296 Å². The van der Waals surface area contributed by atoms with E-state index in [0.717, 1.165) is 24.3 Å². The minimum atomic E-state index is -1.19. The van der Waals surface area contributed by atoms with Crippen molar-refractivity contribution < 1.29 is 59.7 Å². The topological polar surface area (TPSA) is 77.3 Å². The van der Waals surface area contributed by atoms with Gasteiger partial charge in [-0.2, -0.15) is 4.08 Å². The van der Waals surface area contributed by atoms with Gasteiger partial charge in [0.1, 0.15) is 0 Å². The van der Waals surface area contributed by atoms with Crippen LogP contribution < -0.4 is 0 Å². The summed E-state index contributed by atoms with van der Waals surface area (Å²) < 4.78 is 50.4. The Bertz CT molecular complexity index is 1620. The number of aromatic nitrogens is 6. The van der Waals surface area contributed by atoms with Crippen molar-refractivity contribution >= 4 is 25.3 Å². The number of rotatable bonds is 4. The van der Waals surface area contributed by atoms with E-state index < -0.39 is 27.3 Å². The predicted molar refractivity (Wildman–Crippen MR) is 156 cm³/mol. The summed E-state index contributed by atoms with van der Waals surface area (Å²) in [7, 11) is 0. The first-order valence-corrected chi connectivity index (χ1v) is 13.1. The van der Waals surface area contributed by atoms with Crippen molar-refractivity contribution in [1.29, 1.82) is 0 Å². The van der Waals surface area contributed by atoms with E-state index in [1.54, 1.807) is 85.7 Å². The van der Waals surface area contributed by atoms with Crippen molar-refractivity contribution in [3.8, 4) is 22.5 Å². The SMILES string of the molecule is Fc1c[c-]c(-c2ccccn2)c(F)c1.Fc1c[c-]c(-c2ccccn2)c(F)c1.[Pt+2].[Pt+2].[S-]C([S-])(c1ncccn1)c1ncccn1. The first-order chi connectivity index (χ1) is 20.8. The number of benzene rings is 2. The Morgan fingerprint density at radius 1 is 0.511 bits per heavy atom. The second-order valence-corrected chi connectivity index (χ2v) is 9.76. The van der Waals surface area contributed by atoms with Crippen molar-refractivity contribution in [3.05, 3.63) is 157 Å². The molecule has 0 spiro atoms. The van der Waals surface area contributed by atoms with Crippen LogP contribution in [0.4, 0.5) is 17.6 Å². The molecule has 0 fully saturated rings. The third kappa shape index (κ3) is 10.9. The third-order valence-electron chi connectivity index (χ3n) is 5.28. The van der Waals surface area contributed by atoms with E-state index in [2.05, 4.69) is 42.0 Å². The maximum absolute atomic E-state index is 13.2.